The van der Waals surface area contributed by atoms with Gasteiger partial charge in [-0.15, -0.1) is 0 Å². The molecule has 0 aliphatic heterocycles. The zero-order valence-electron chi connectivity index (χ0n) is 20.6. The average Bonchev–Trinajstić information content (AvgIpc) is 3.63. The van der Waals surface area contributed by atoms with Crippen LogP contribution in [0.4, 0.5) is 23.2 Å². The first-order valence-corrected chi connectivity index (χ1v) is 12.2. The number of rotatable bonds is 5. The summed E-state index contributed by atoms with van der Waals surface area (Å²) in [7, 11) is 0. The van der Waals surface area contributed by atoms with Gasteiger partial charge in [0.15, 0.2) is 0 Å². The average molecular weight is 539 g/mol. The van der Waals surface area contributed by atoms with Gasteiger partial charge < -0.3 is 5.32 Å². The van der Waals surface area contributed by atoms with Crippen molar-refractivity contribution >= 4 is 23.2 Å². The molecule has 0 saturated heterocycles. The van der Waals surface area contributed by atoms with Crippen molar-refractivity contribution in [1.29, 1.82) is 5.26 Å². The monoisotopic (exact) mass is 538 g/mol. The van der Waals surface area contributed by atoms with Crippen molar-refractivity contribution in [3.05, 3.63) is 99.3 Å². The van der Waals surface area contributed by atoms with Gasteiger partial charge in [-0.1, -0.05) is 41.1 Å². The van der Waals surface area contributed by atoms with Crippen LogP contribution in [0.5, 0.6) is 0 Å². The lowest BCUT2D eigenvalue weighted by atomic mass is 9.75. The maximum absolute atomic E-state index is 14.9. The molecular weight excluding hydrogens is 516 g/mol. The van der Waals surface area contributed by atoms with E-state index in [0.29, 0.717) is 30.2 Å². The van der Waals surface area contributed by atoms with Crippen LogP contribution < -0.4 is 5.32 Å². The molecule has 3 nitrogen and oxygen atoms in total. The smallest absolute Gasteiger partial charge is 0.325 e. The van der Waals surface area contributed by atoms with Gasteiger partial charge in [0.1, 0.15) is 17.3 Å². The lowest BCUT2D eigenvalue weighted by Crippen LogP contribution is -2.36. The molecule has 1 aliphatic carbocycles. The second-order valence-electron chi connectivity index (χ2n) is 9.86. The van der Waals surface area contributed by atoms with Crippen molar-refractivity contribution < 1.29 is 22.4 Å². The van der Waals surface area contributed by atoms with Crippen LogP contribution in [0.1, 0.15) is 54.0 Å². The summed E-state index contributed by atoms with van der Waals surface area (Å²) in [5, 5.41) is 12.0. The molecule has 3 aromatic carbocycles. The van der Waals surface area contributed by atoms with Crippen molar-refractivity contribution in [3.63, 3.8) is 0 Å². The minimum Gasteiger partial charge on any atom is -0.325 e. The summed E-state index contributed by atoms with van der Waals surface area (Å²) in [4.78, 5) is 13.6. The first-order valence-electron chi connectivity index (χ1n) is 11.8. The quantitative estimate of drug-likeness (QED) is 0.266. The molecule has 1 fully saturated rings. The Hall–Kier alpha value is -3.81. The summed E-state index contributed by atoms with van der Waals surface area (Å²) in [6.07, 6.45) is -3.78. The molecule has 1 unspecified atom stereocenters. The second kappa shape index (κ2) is 10.2. The van der Waals surface area contributed by atoms with Gasteiger partial charge in [-0.3, -0.25) is 4.79 Å². The van der Waals surface area contributed by atoms with E-state index in [1.807, 2.05) is 25.1 Å². The number of carbonyl (C=O) groups excluding carboxylic acids is 1. The molecule has 0 aromatic heterocycles. The highest BCUT2D eigenvalue weighted by Gasteiger charge is 2.52. The number of benzene rings is 3. The molecule has 0 radical (unpaired) electrons. The van der Waals surface area contributed by atoms with Crippen LogP contribution in [-0.4, -0.2) is 5.91 Å². The van der Waals surface area contributed by atoms with Crippen molar-refractivity contribution in [2.24, 2.45) is 5.41 Å². The van der Waals surface area contributed by atoms with Crippen LogP contribution in [0.2, 0.25) is 5.02 Å². The molecule has 38 heavy (non-hydrogen) atoms. The number of carbonyl (C=O) groups is 1. The summed E-state index contributed by atoms with van der Waals surface area (Å²) in [5.41, 5.74) is -1.11. The van der Waals surface area contributed by atoms with Crippen LogP contribution in [0.15, 0.2) is 60.7 Å². The molecule has 3 aromatic rings. The Morgan fingerprint density at radius 3 is 2.34 bits per heavy atom. The lowest BCUT2D eigenvalue weighted by Gasteiger charge is -2.29. The normalized spacial score (nSPS) is 15.4. The second-order valence-corrected chi connectivity index (χ2v) is 10.3. The number of nitrogens with one attached hydrogen (secondary N) is 1. The molecule has 1 amide bonds. The number of nitriles is 1. The van der Waals surface area contributed by atoms with Crippen LogP contribution in [0, 0.1) is 41.3 Å². The highest BCUT2D eigenvalue weighted by atomic mass is 35.5. The third kappa shape index (κ3) is 5.85. The highest BCUT2D eigenvalue weighted by molar-refractivity contribution is 6.32. The van der Waals surface area contributed by atoms with E-state index >= 15 is 0 Å². The Morgan fingerprint density at radius 2 is 1.76 bits per heavy atom. The van der Waals surface area contributed by atoms with Crippen LogP contribution >= 0.6 is 11.6 Å². The van der Waals surface area contributed by atoms with E-state index < -0.39 is 34.3 Å². The molecule has 194 valence electrons. The van der Waals surface area contributed by atoms with Gasteiger partial charge in [-0.25, -0.2) is 4.39 Å². The van der Waals surface area contributed by atoms with Crippen LogP contribution in [0.25, 0.3) is 0 Å². The molecule has 1 saturated carbocycles. The molecule has 0 heterocycles. The predicted molar refractivity (Wildman–Crippen MR) is 138 cm³/mol. The molecule has 0 spiro atoms. The van der Waals surface area contributed by atoms with E-state index in [1.165, 1.54) is 18.2 Å². The summed E-state index contributed by atoms with van der Waals surface area (Å²) in [5.74, 6) is 4.77. The minimum atomic E-state index is -4.63. The molecule has 8 heteroatoms. The number of alkyl halides is 3. The topological polar surface area (TPSA) is 52.9 Å². The molecule has 0 bridgehead atoms. The van der Waals surface area contributed by atoms with E-state index in [0.717, 1.165) is 17.7 Å². The van der Waals surface area contributed by atoms with E-state index in [2.05, 4.69) is 17.2 Å². The molecule has 1 atom stereocenters. The standard InChI is InChI=1S/C30H23ClF4N2O/c1-19-3-5-20(6-4-19)11-12-28(2,27(38)37-23-9-7-21(17-36)25(31)16-23)18-29(13-14-29)24-15-22(30(33,34)35)8-10-26(24)32/h3-10,15-16H,13-14,18H2,1-2H3,(H,37,38). The SMILES string of the molecule is Cc1ccc(C#CC(C)(CC2(c3cc(C(F)(F)F)ccc3F)CC2)C(=O)Nc2ccc(C#N)c(Cl)c2)cc1. The summed E-state index contributed by atoms with van der Waals surface area (Å²) >= 11 is 6.11. The molecule has 1 N–H and O–H groups in total. The van der Waals surface area contributed by atoms with E-state index in [1.54, 1.807) is 19.1 Å². The van der Waals surface area contributed by atoms with Gasteiger partial charge in [0.2, 0.25) is 5.91 Å². The van der Waals surface area contributed by atoms with E-state index in [9.17, 15) is 22.4 Å². The Balaban J connectivity index is 1.72. The van der Waals surface area contributed by atoms with Gasteiger partial charge in [0, 0.05) is 16.7 Å². The summed E-state index contributed by atoms with van der Waals surface area (Å²) in [6.45, 7) is 3.53. The van der Waals surface area contributed by atoms with Gasteiger partial charge in [0.05, 0.1) is 16.1 Å². The third-order valence-corrected chi connectivity index (χ3v) is 7.11. The fourth-order valence-corrected chi connectivity index (χ4v) is 4.68. The van der Waals surface area contributed by atoms with Crippen molar-refractivity contribution in [3.8, 4) is 17.9 Å². The number of halogens is 5. The number of nitrogens with zero attached hydrogens (tertiary/aromatic N) is 1. The Kier molecular flexibility index (Phi) is 7.28. The molecular formula is C30H23ClF4N2O. The Bertz CT molecular complexity index is 1490. The number of anilines is 1. The van der Waals surface area contributed by atoms with Crippen molar-refractivity contribution in [2.75, 3.05) is 5.32 Å². The minimum absolute atomic E-state index is 0.00688. The van der Waals surface area contributed by atoms with Crippen molar-refractivity contribution in [2.45, 2.75) is 44.7 Å². The molecule has 1 aliphatic rings. The fraction of sp³-hybridized carbons (Fsp3) is 0.267. The predicted octanol–water partition coefficient (Wildman–Crippen LogP) is 7.80. The first kappa shape index (κ1) is 27.2. The summed E-state index contributed by atoms with van der Waals surface area (Å²) < 4.78 is 55.1. The third-order valence-electron chi connectivity index (χ3n) is 6.79. The van der Waals surface area contributed by atoms with E-state index in [-0.39, 0.29) is 22.6 Å². The number of amides is 1. The molecule has 4 rings (SSSR count). The summed E-state index contributed by atoms with van der Waals surface area (Å²) in [6, 6.07) is 16.1. The maximum Gasteiger partial charge on any atom is 0.416 e. The zero-order chi connectivity index (χ0) is 27.7. The zero-order valence-corrected chi connectivity index (χ0v) is 21.4. The van der Waals surface area contributed by atoms with Crippen molar-refractivity contribution in [1.82, 2.24) is 0 Å². The number of aryl methyl sites for hydroxylation is 1. The largest absolute Gasteiger partial charge is 0.416 e. The first-order chi connectivity index (χ1) is 17.8. The lowest BCUT2D eigenvalue weighted by molar-refractivity contribution is -0.137. The van der Waals surface area contributed by atoms with Crippen LogP contribution in [-0.2, 0) is 16.4 Å². The van der Waals surface area contributed by atoms with Gasteiger partial charge in [-0.05, 0) is 87.2 Å². The number of hydrogen-bond acceptors (Lipinski definition) is 2. The van der Waals surface area contributed by atoms with Crippen LogP contribution in [0.3, 0.4) is 0 Å². The Labute approximate surface area is 223 Å². The number of hydrogen-bond donors (Lipinski definition) is 1. The van der Waals surface area contributed by atoms with E-state index in [4.69, 9.17) is 16.9 Å². The maximum atomic E-state index is 14.9. The fourth-order valence-electron chi connectivity index (χ4n) is 4.46. The van der Waals surface area contributed by atoms with Gasteiger partial charge >= 0.3 is 6.18 Å². The Morgan fingerprint density at radius 1 is 1.08 bits per heavy atom. The highest BCUT2D eigenvalue weighted by Crippen LogP contribution is 2.56. The van der Waals surface area contributed by atoms with Gasteiger partial charge in [-0.2, -0.15) is 18.4 Å². The van der Waals surface area contributed by atoms with Gasteiger partial charge in [0.25, 0.3) is 0 Å².